The van der Waals surface area contributed by atoms with Crippen molar-refractivity contribution in [1.82, 2.24) is 15.3 Å². The van der Waals surface area contributed by atoms with Crippen LogP contribution in [0.15, 0.2) is 24.3 Å². The van der Waals surface area contributed by atoms with Gasteiger partial charge in [-0.1, -0.05) is 12.1 Å². The summed E-state index contributed by atoms with van der Waals surface area (Å²) < 4.78 is 5.18. The molecular weight excluding hydrogens is 250 g/mol. The SMILES string of the molecule is COc1ccc(CCC(C)NN2CCN(C)CC2)cc1. The molecule has 4 nitrogen and oxygen atoms in total. The molecule has 4 heteroatoms. The van der Waals surface area contributed by atoms with E-state index in [0.717, 1.165) is 44.8 Å². The number of methoxy groups -OCH3 is 1. The lowest BCUT2D eigenvalue weighted by Crippen LogP contribution is -2.53. The zero-order chi connectivity index (χ0) is 14.4. The van der Waals surface area contributed by atoms with E-state index >= 15 is 0 Å². The number of benzene rings is 1. The maximum Gasteiger partial charge on any atom is 0.118 e. The van der Waals surface area contributed by atoms with E-state index < -0.39 is 0 Å². The van der Waals surface area contributed by atoms with E-state index in [4.69, 9.17) is 4.74 Å². The first-order chi connectivity index (χ1) is 9.67. The Morgan fingerprint density at radius 1 is 1.15 bits per heavy atom. The molecule has 1 fully saturated rings. The number of hydrogen-bond donors (Lipinski definition) is 1. The molecule has 1 aromatic rings. The summed E-state index contributed by atoms with van der Waals surface area (Å²) in [6.45, 7) is 6.80. The minimum atomic E-state index is 0.514. The summed E-state index contributed by atoms with van der Waals surface area (Å²) in [6.07, 6.45) is 2.25. The van der Waals surface area contributed by atoms with Crippen LogP contribution in [-0.4, -0.2) is 56.3 Å². The van der Waals surface area contributed by atoms with Gasteiger partial charge in [-0.2, -0.15) is 0 Å². The van der Waals surface area contributed by atoms with Gasteiger partial charge in [0, 0.05) is 32.2 Å². The molecule has 0 bridgehead atoms. The van der Waals surface area contributed by atoms with Crippen molar-refractivity contribution in [3.8, 4) is 5.75 Å². The summed E-state index contributed by atoms with van der Waals surface area (Å²) in [7, 11) is 3.89. The minimum Gasteiger partial charge on any atom is -0.497 e. The Kier molecular flexibility index (Phi) is 5.83. The highest BCUT2D eigenvalue weighted by molar-refractivity contribution is 5.27. The van der Waals surface area contributed by atoms with Gasteiger partial charge in [0.2, 0.25) is 0 Å². The van der Waals surface area contributed by atoms with Crippen molar-refractivity contribution in [2.45, 2.75) is 25.8 Å². The molecule has 0 radical (unpaired) electrons. The van der Waals surface area contributed by atoms with Crippen LogP contribution in [0.4, 0.5) is 0 Å². The van der Waals surface area contributed by atoms with Crippen molar-refractivity contribution in [2.24, 2.45) is 0 Å². The van der Waals surface area contributed by atoms with Gasteiger partial charge in [-0.25, -0.2) is 5.01 Å². The highest BCUT2D eigenvalue weighted by Crippen LogP contribution is 2.13. The smallest absolute Gasteiger partial charge is 0.118 e. The molecule has 0 aromatic heterocycles. The second kappa shape index (κ2) is 7.62. The molecule has 1 aliphatic rings. The maximum absolute atomic E-state index is 5.18. The maximum atomic E-state index is 5.18. The lowest BCUT2D eigenvalue weighted by molar-refractivity contribution is 0.0883. The quantitative estimate of drug-likeness (QED) is 0.857. The standard InChI is InChI=1S/C16H27N3O/c1-14(17-19-12-10-18(2)11-13-19)4-5-15-6-8-16(20-3)9-7-15/h6-9,14,17H,4-5,10-13H2,1-3H3. The molecule has 0 amide bonds. The van der Waals surface area contributed by atoms with Gasteiger partial charge in [-0.15, -0.1) is 0 Å². The Balaban J connectivity index is 1.70. The molecule has 0 aliphatic carbocycles. The molecule has 1 atom stereocenters. The number of hydrazine groups is 1. The van der Waals surface area contributed by atoms with Crippen LogP contribution in [0.5, 0.6) is 5.75 Å². The second-order valence-electron chi connectivity index (χ2n) is 5.71. The van der Waals surface area contributed by atoms with Gasteiger partial charge in [0.1, 0.15) is 5.75 Å². The zero-order valence-corrected chi connectivity index (χ0v) is 12.9. The minimum absolute atomic E-state index is 0.514. The van der Waals surface area contributed by atoms with Crippen LogP contribution in [0, 0.1) is 0 Å². The molecule has 1 unspecified atom stereocenters. The Bertz CT molecular complexity index is 385. The molecule has 0 spiro atoms. The zero-order valence-electron chi connectivity index (χ0n) is 12.9. The van der Waals surface area contributed by atoms with Crippen LogP contribution in [0.25, 0.3) is 0 Å². The molecule has 1 aromatic carbocycles. The number of nitrogens with one attached hydrogen (secondary N) is 1. The van der Waals surface area contributed by atoms with Crippen molar-refractivity contribution in [3.63, 3.8) is 0 Å². The summed E-state index contributed by atoms with van der Waals surface area (Å²) in [4.78, 5) is 2.38. The molecule has 0 saturated carbocycles. The average Bonchev–Trinajstić information content (AvgIpc) is 2.48. The van der Waals surface area contributed by atoms with Crippen LogP contribution in [0.3, 0.4) is 0 Å². The van der Waals surface area contributed by atoms with Gasteiger partial charge in [-0.05, 0) is 44.5 Å². The Morgan fingerprint density at radius 3 is 2.40 bits per heavy atom. The number of ether oxygens (including phenoxy) is 1. The predicted octanol–water partition coefficient (Wildman–Crippen LogP) is 1.77. The van der Waals surface area contributed by atoms with E-state index in [9.17, 15) is 0 Å². The molecular formula is C16H27N3O. The van der Waals surface area contributed by atoms with Gasteiger partial charge >= 0.3 is 0 Å². The van der Waals surface area contributed by atoms with E-state index in [1.165, 1.54) is 5.56 Å². The Labute approximate surface area is 122 Å². The fourth-order valence-corrected chi connectivity index (χ4v) is 2.49. The fraction of sp³-hybridized carbons (Fsp3) is 0.625. The first kappa shape index (κ1) is 15.3. The Morgan fingerprint density at radius 2 is 1.80 bits per heavy atom. The van der Waals surface area contributed by atoms with Gasteiger partial charge in [-0.3, -0.25) is 5.43 Å². The number of rotatable bonds is 6. The van der Waals surface area contributed by atoms with E-state index in [-0.39, 0.29) is 0 Å². The van der Waals surface area contributed by atoms with Crippen LogP contribution in [0.2, 0.25) is 0 Å². The number of piperazine rings is 1. The van der Waals surface area contributed by atoms with Crippen molar-refractivity contribution < 1.29 is 4.74 Å². The largest absolute Gasteiger partial charge is 0.497 e. The van der Waals surface area contributed by atoms with Crippen LogP contribution in [0.1, 0.15) is 18.9 Å². The second-order valence-corrected chi connectivity index (χ2v) is 5.71. The van der Waals surface area contributed by atoms with Crippen LogP contribution < -0.4 is 10.2 Å². The predicted molar refractivity (Wildman–Crippen MR) is 83.0 cm³/mol. The van der Waals surface area contributed by atoms with Gasteiger partial charge in [0.25, 0.3) is 0 Å². The van der Waals surface area contributed by atoms with E-state index in [2.05, 4.69) is 41.4 Å². The molecule has 1 aliphatic heterocycles. The summed E-state index contributed by atoms with van der Waals surface area (Å²) in [5.74, 6) is 0.928. The van der Waals surface area contributed by atoms with Crippen LogP contribution >= 0.6 is 0 Å². The first-order valence-electron chi connectivity index (χ1n) is 7.50. The monoisotopic (exact) mass is 277 g/mol. The van der Waals surface area contributed by atoms with Crippen molar-refractivity contribution in [3.05, 3.63) is 29.8 Å². The Hall–Kier alpha value is -1.10. The molecule has 2 rings (SSSR count). The molecule has 1 saturated heterocycles. The van der Waals surface area contributed by atoms with Crippen molar-refractivity contribution >= 4 is 0 Å². The molecule has 1 heterocycles. The van der Waals surface area contributed by atoms with Gasteiger partial charge in [0.15, 0.2) is 0 Å². The highest BCUT2D eigenvalue weighted by atomic mass is 16.5. The lowest BCUT2D eigenvalue weighted by atomic mass is 10.1. The van der Waals surface area contributed by atoms with Gasteiger partial charge in [0.05, 0.1) is 7.11 Å². The summed E-state index contributed by atoms with van der Waals surface area (Å²) in [6, 6.07) is 8.89. The number of likely N-dealkylation sites (N-methyl/N-ethyl adjacent to an activating group) is 1. The summed E-state index contributed by atoms with van der Waals surface area (Å²) in [5, 5.41) is 2.36. The van der Waals surface area contributed by atoms with Crippen molar-refractivity contribution in [1.29, 1.82) is 0 Å². The lowest BCUT2D eigenvalue weighted by Gasteiger charge is -2.34. The molecule has 1 N–H and O–H groups in total. The van der Waals surface area contributed by atoms with Crippen LogP contribution in [-0.2, 0) is 6.42 Å². The number of hydrogen-bond acceptors (Lipinski definition) is 4. The average molecular weight is 277 g/mol. The summed E-state index contributed by atoms with van der Waals surface area (Å²) >= 11 is 0. The fourth-order valence-electron chi connectivity index (χ4n) is 2.49. The van der Waals surface area contributed by atoms with Gasteiger partial charge < -0.3 is 9.64 Å². The third-order valence-electron chi connectivity index (χ3n) is 3.93. The van der Waals surface area contributed by atoms with E-state index in [1.54, 1.807) is 7.11 Å². The molecule has 20 heavy (non-hydrogen) atoms. The number of aryl methyl sites for hydroxylation is 1. The van der Waals surface area contributed by atoms with Crippen molar-refractivity contribution in [2.75, 3.05) is 40.3 Å². The highest BCUT2D eigenvalue weighted by Gasteiger charge is 2.15. The number of nitrogens with zero attached hydrogens (tertiary/aromatic N) is 2. The third kappa shape index (κ3) is 4.78. The summed E-state index contributed by atoms with van der Waals surface area (Å²) in [5.41, 5.74) is 4.99. The normalized spacial score (nSPS) is 18.9. The van der Waals surface area contributed by atoms with E-state index in [1.807, 2.05) is 12.1 Å². The molecule has 112 valence electrons. The topological polar surface area (TPSA) is 27.7 Å². The third-order valence-corrected chi connectivity index (χ3v) is 3.93. The first-order valence-corrected chi connectivity index (χ1v) is 7.50. The van der Waals surface area contributed by atoms with E-state index in [0.29, 0.717) is 6.04 Å².